The number of benzene rings is 2. The Bertz CT molecular complexity index is 782. The van der Waals surface area contributed by atoms with Crippen molar-refractivity contribution in [1.29, 1.82) is 0 Å². The molecule has 23 heavy (non-hydrogen) atoms. The maximum Gasteiger partial charge on any atom is 0.338 e. The number of rotatable bonds is 4. The van der Waals surface area contributed by atoms with Gasteiger partial charge in [0, 0.05) is 5.56 Å². The van der Waals surface area contributed by atoms with E-state index in [1.807, 2.05) is 32.9 Å². The minimum Gasteiger partial charge on any atom is -0.454 e. The van der Waals surface area contributed by atoms with Crippen molar-refractivity contribution in [3.05, 3.63) is 68.2 Å². The van der Waals surface area contributed by atoms with Gasteiger partial charge in [-0.2, -0.15) is 0 Å². The largest absolute Gasteiger partial charge is 0.454 e. The molecule has 0 aliphatic rings. The predicted molar refractivity (Wildman–Crippen MR) is 91.7 cm³/mol. The highest BCUT2D eigenvalue weighted by Gasteiger charge is 2.15. The van der Waals surface area contributed by atoms with E-state index in [-0.39, 0.29) is 23.0 Å². The van der Waals surface area contributed by atoms with Crippen molar-refractivity contribution in [3.63, 3.8) is 0 Å². The number of carbonyl (C=O) groups is 2. The zero-order chi connectivity index (χ0) is 17.1. The van der Waals surface area contributed by atoms with Gasteiger partial charge in [-0.15, -0.1) is 0 Å². The molecule has 3 nitrogen and oxygen atoms in total. The van der Waals surface area contributed by atoms with Gasteiger partial charge >= 0.3 is 5.97 Å². The fraction of sp³-hybridized carbons (Fsp3) is 0.222. The second-order valence-corrected chi connectivity index (χ2v) is 6.19. The molecule has 0 aliphatic carbocycles. The first kappa shape index (κ1) is 17.5. The molecule has 0 radical (unpaired) electrons. The van der Waals surface area contributed by atoms with E-state index >= 15 is 0 Å². The molecule has 2 aromatic carbocycles. The molecule has 5 heteroatoms. The molecule has 0 saturated heterocycles. The van der Waals surface area contributed by atoms with Crippen molar-refractivity contribution in [2.45, 2.75) is 20.8 Å². The molecule has 0 saturated carbocycles. The molecule has 0 atom stereocenters. The smallest absolute Gasteiger partial charge is 0.338 e. The number of hydrogen-bond donors (Lipinski definition) is 0. The highest BCUT2D eigenvalue weighted by molar-refractivity contribution is 6.42. The Balaban J connectivity index is 2.08. The Morgan fingerprint density at radius 3 is 2.22 bits per heavy atom. The van der Waals surface area contributed by atoms with E-state index in [0.29, 0.717) is 10.6 Å². The number of Topliss-reactive ketones (excluding diaryl/α,β-unsaturated/α-hetero) is 1. The predicted octanol–water partition coefficient (Wildman–Crippen LogP) is 4.96. The molecule has 0 aliphatic heterocycles. The molecule has 0 bridgehead atoms. The lowest BCUT2D eigenvalue weighted by Gasteiger charge is -2.10. The van der Waals surface area contributed by atoms with Crippen molar-refractivity contribution in [2.75, 3.05) is 6.61 Å². The van der Waals surface area contributed by atoms with Crippen LogP contribution in [0, 0.1) is 20.8 Å². The summed E-state index contributed by atoms with van der Waals surface area (Å²) in [5.74, 6) is -0.850. The van der Waals surface area contributed by atoms with E-state index in [0.717, 1.165) is 16.7 Å². The highest BCUT2D eigenvalue weighted by Crippen LogP contribution is 2.23. The van der Waals surface area contributed by atoms with E-state index in [1.165, 1.54) is 18.2 Å². The number of hydrogen-bond acceptors (Lipinski definition) is 3. The SMILES string of the molecule is Cc1cc(C)c(C(=O)COC(=O)c2ccc(Cl)c(Cl)c2)cc1C. The van der Waals surface area contributed by atoms with Crippen molar-refractivity contribution in [2.24, 2.45) is 0 Å². The van der Waals surface area contributed by atoms with Crippen LogP contribution in [-0.4, -0.2) is 18.4 Å². The molecule has 0 amide bonds. The molecule has 2 aromatic rings. The lowest BCUT2D eigenvalue weighted by atomic mass is 9.98. The van der Waals surface area contributed by atoms with Crippen molar-refractivity contribution in [3.8, 4) is 0 Å². The second kappa shape index (κ2) is 7.16. The second-order valence-electron chi connectivity index (χ2n) is 5.38. The molecule has 0 N–H and O–H groups in total. The van der Waals surface area contributed by atoms with Crippen molar-refractivity contribution in [1.82, 2.24) is 0 Å². The molecular formula is C18H16Cl2O3. The molecule has 0 fully saturated rings. The molecule has 0 aromatic heterocycles. The number of halogens is 2. The summed E-state index contributed by atoms with van der Waals surface area (Å²) in [6.07, 6.45) is 0. The first-order chi connectivity index (χ1) is 10.8. The van der Waals surface area contributed by atoms with Gasteiger partial charge < -0.3 is 4.74 Å². The van der Waals surface area contributed by atoms with Crippen molar-refractivity contribution >= 4 is 35.0 Å². The van der Waals surface area contributed by atoms with Crippen LogP contribution in [0.2, 0.25) is 10.0 Å². The monoisotopic (exact) mass is 350 g/mol. The Hall–Kier alpha value is -1.84. The third kappa shape index (κ3) is 4.12. The van der Waals surface area contributed by atoms with Gasteiger partial charge in [-0.1, -0.05) is 29.3 Å². The van der Waals surface area contributed by atoms with Crippen LogP contribution in [0.25, 0.3) is 0 Å². The molecular weight excluding hydrogens is 335 g/mol. The fourth-order valence-corrected chi connectivity index (χ4v) is 2.47. The first-order valence-corrected chi connectivity index (χ1v) is 7.78. The van der Waals surface area contributed by atoms with E-state index in [2.05, 4.69) is 0 Å². The summed E-state index contributed by atoms with van der Waals surface area (Å²) >= 11 is 11.7. The summed E-state index contributed by atoms with van der Waals surface area (Å²) < 4.78 is 5.07. The van der Waals surface area contributed by atoms with Crippen LogP contribution in [-0.2, 0) is 4.74 Å². The van der Waals surface area contributed by atoms with Gasteiger partial charge in [0.15, 0.2) is 6.61 Å². The van der Waals surface area contributed by atoms with Gasteiger partial charge in [-0.25, -0.2) is 4.79 Å². The normalized spacial score (nSPS) is 10.5. The first-order valence-electron chi connectivity index (χ1n) is 7.03. The molecule has 0 unspecified atom stereocenters. The maximum absolute atomic E-state index is 12.3. The average Bonchev–Trinajstić information content (AvgIpc) is 2.50. The van der Waals surface area contributed by atoms with Gasteiger partial charge in [-0.05, 0) is 61.7 Å². The van der Waals surface area contributed by atoms with Crippen LogP contribution < -0.4 is 0 Å². The quantitative estimate of drug-likeness (QED) is 0.578. The molecule has 0 heterocycles. The Morgan fingerprint density at radius 2 is 1.57 bits per heavy atom. The maximum atomic E-state index is 12.3. The highest BCUT2D eigenvalue weighted by atomic mass is 35.5. The zero-order valence-corrected chi connectivity index (χ0v) is 14.6. The summed E-state index contributed by atoms with van der Waals surface area (Å²) in [6, 6.07) is 8.19. The van der Waals surface area contributed by atoms with E-state index < -0.39 is 5.97 Å². The van der Waals surface area contributed by atoms with E-state index in [4.69, 9.17) is 27.9 Å². The summed E-state index contributed by atoms with van der Waals surface area (Å²) in [6.45, 7) is 5.47. The lowest BCUT2D eigenvalue weighted by molar-refractivity contribution is 0.0474. The van der Waals surface area contributed by atoms with Gasteiger partial charge in [0.25, 0.3) is 0 Å². The molecule has 120 valence electrons. The lowest BCUT2D eigenvalue weighted by Crippen LogP contribution is -2.15. The van der Waals surface area contributed by atoms with Gasteiger partial charge in [0.1, 0.15) is 0 Å². The number of ether oxygens (including phenoxy) is 1. The van der Waals surface area contributed by atoms with Crippen LogP contribution in [0.3, 0.4) is 0 Å². The number of aryl methyl sites for hydroxylation is 3. The topological polar surface area (TPSA) is 43.4 Å². The summed E-state index contributed by atoms with van der Waals surface area (Å²) in [5.41, 5.74) is 3.82. The summed E-state index contributed by atoms with van der Waals surface area (Å²) in [4.78, 5) is 24.2. The Labute approximate surface area is 145 Å². The Kier molecular flexibility index (Phi) is 5.45. The minimum atomic E-state index is -0.613. The van der Waals surface area contributed by atoms with Gasteiger partial charge in [0.2, 0.25) is 5.78 Å². The van der Waals surface area contributed by atoms with Crippen LogP contribution in [0.5, 0.6) is 0 Å². The number of ketones is 1. The minimum absolute atomic E-state index is 0.237. The van der Waals surface area contributed by atoms with Crippen LogP contribution >= 0.6 is 23.2 Å². The standard InChI is InChI=1S/C18H16Cl2O3/c1-10-6-12(3)14(7-11(10)2)17(21)9-23-18(22)13-4-5-15(19)16(20)8-13/h4-8H,9H2,1-3H3. The third-order valence-electron chi connectivity index (χ3n) is 3.63. The van der Waals surface area contributed by atoms with Crippen LogP contribution in [0.4, 0.5) is 0 Å². The van der Waals surface area contributed by atoms with E-state index in [1.54, 1.807) is 0 Å². The van der Waals surface area contributed by atoms with Crippen LogP contribution in [0.1, 0.15) is 37.4 Å². The van der Waals surface area contributed by atoms with Crippen molar-refractivity contribution < 1.29 is 14.3 Å². The summed E-state index contributed by atoms with van der Waals surface area (Å²) in [7, 11) is 0. The number of esters is 1. The van der Waals surface area contributed by atoms with Gasteiger partial charge in [0.05, 0.1) is 15.6 Å². The zero-order valence-electron chi connectivity index (χ0n) is 13.1. The summed E-state index contributed by atoms with van der Waals surface area (Å²) in [5, 5.41) is 0.613. The average molecular weight is 351 g/mol. The molecule has 2 rings (SSSR count). The number of carbonyl (C=O) groups excluding carboxylic acids is 2. The third-order valence-corrected chi connectivity index (χ3v) is 4.37. The Morgan fingerprint density at radius 1 is 0.913 bits per heavy atom. The fourth-order valence-electron chi connectivity index (χ4n) is 2.18. The molecule has 0 spiro atoms. The van der Waals surface area contributed by atoms with Gasteiger partial charge in [-0.3, -0.25) is 4.79 Å². The van der Waals surface area contributed by atoms with Crippen LogP contribution in [0.15, 0.2) is 30.3 Å². The van der Waals surface area contributed by atoms with E-state index in [9.17, 15) is 9.59 Å².